The monoisotopic (exact) mass is 238 g/mol. The molecule has 1 amide bonds. The van der Waals surface area contributed by atoms with Crippen molar-refractivity contribution in [3.8, 4) is 0 Å². The summed E-state index contributed by atoms with van der Waals surface area (Å²) in [4.78, 5) is 30.7. The molecule has 6 nitrogen and oxygen atoms in total. The average Bonchev–Trinajstić information content (AvgIpc) is 2.00. The topological polar surface area (TPSA) is 117 Å². The summed E-state index contributed by atoms with van der Waals surface area (Å²) in [6.07, 6.45) is 0.577. The van der Waals surface area contributed by atoms with Gasteiger partial charge in [0.15, 0.2) is 13.6 Å². The minimum Gasteiger partial charge on any atom is -0.777 e. The van der Waals surface area contributed by atoms with Crippen molar-refractivity contribution < 1.29 is 24.9 Å². The highest BCUT2D eigenvalue weighted by Crippen LogP contribution is 2.33. The Bertz CT molecular complexity index is 263. The summed E-state index contributed by atoms with van der Waals surface area (Å²) in [7, 11) is -4.49. The normalized spacial score (nSPS) is 19.4. The second kappa shape index (κ2) is 5.61. The van der Waals surface area contributed by atoms with Crippen LogP contribution in [-0.2, 0) is 9.36 Å². The molecule has 15 heavy (non-hydrogen) atoms. The number of quaternary nitrogens is 1. The van der Waals surface area contributed by atoms with E-state index in [1.165, 1.54) is 6.92 Å². The minimum atomic E-state index is -4.49. The molecule has 0 rings (SSSR count). The van der Waals surface area contributed by atoms with E-state index in [0.29, 0.717) is 12.3 Å². The summed E-state index contributed by atoms with van der Waals surface area (Å²) < 4.78 is 10.7. The van der Waals surface area contributed by atoms with Gasteiger partial charge in [-0.25, -0.2) is 0 Å². The van der Waals surface area contributed by atoms with Crippen molar-refractivity contribution in [3.63, 3.8) is 0 Å². The van der Waals surface area contributed by atoms with Crippen molar-refractivity contribution in [3.05, 3.63) is 0 Å². The van der Waals surface area contributed by atoms with Gasteiger partial charge in [0.2, 0.25) is 0 Å². The molecule has 0 aliphatic rings. The van der Waals surface area contributed by atoms with Crippen LogP contribution in [0.3, 0.4) is 0 Å². The fourth-order valence-electron chi connectivity index (χ4n) is 1.08. The lowest BCUT2D eigenvalue weighted by Gasteiger charge is -2.25. The zero-order valence-corrected chi connectivity index (χ0v) is 10.2. The molecule has 0 aromatic rings. The van der Waals surface area contributed by atoms with Gasteiger partial charge in [-0.05, 0) is 12.8 Å². The fraction of sp³-hybridized carbons (Fsp3) is 0.875. The van der Waals surface area contributed by atoms with E-state index < -0.39 is 25.3 Å². The summed E-state index contributed by atoms with van der Waals surface area (Å²) in [6.45, 7) is 5.10. The first-order valence-electron chi connectivity index (χ1n) is 4.81. The van der Waals surface area contributed by atoms with E-state index in [2.05, 4.69) is 11.1 Å². The van der Waals surface area contributed by atoms with Crippen molar-refractivity contribution in [2.45, 2.75) is 39.0 Å². The third-order valence-corrected chi connectivity index (χ3v) is 3.08. The second-order valence-electron chi connectivity index (χ2n) is 4.08. The van der Waals surface area contributed by atoms with Crippen molar-refractivity contribution in [1.82, 2.24) is 5.32 Å². The van der Waals surface area contributed by atoms with Crippen molar-refractivity contribution in [2.75, 3.05) is 0 Å². The number of hydrogen-bond donors (Lipinski definition) is 3. The second-order valence-corrected chi connectivity index (χ2v) is 5.98. The SMILES string of the molecule is CC(C)C[C@H]([NH3+])C(=O)N[C@H](C)P(=O)([O-])O. The van der Waals surface area contributed by atoms with E-state index >= 15 is 0 Å². The average molecular weight is 238 g/mol. The van der Waals surface area contributed by atoms with E-state index in [4.69, 9.17) is 4.89 Å². The molecule has 5 N–H and O–H groups in total. The molecule has 0 aliphatic heterocycles. The van der Waals surface area contributed by atoms with Crippen LogP contribution in [0.4, 0.5) is 0 Å². The van der Waals surface area contributed by atoms with Crippen molar-refractivity contribution >= 4 is 13.5 Å². The number of hydrogen-bond acceptors (Lipinski definition) is 3. The third-order valence-electron chi connectivity index (χ3n) is 1.97. The number of nitrogens with one attached hydrogen (secondary N) is 1. The Balaban J connectivity index is 4.20. The van der Waals surface area contributed by atoms with Crippen LogP contribution >= 0.6 is 7.60 Å². The predicted octanol–water partition coefficient (Wildman–Crippen LogP) is -1.35. The predicted molar refractivity (Wildman–Crippen MR) is 53.6 cm³/mol. The fourth-order valence-corrected chi connectivity index (χ4v) is 1.37. The lowest BCUT2D eigenvalue weighted by Crippen LogP contribution is -2.68. The number of amides is 1. The smallest absolute Gasteiger partial charge is 0.278 e. The van der Waals surface area contributed by atoms with Gasteiger partial charge >= 0.3 is 0 Å². The van der Waals surface area contributed by atoms with Gasteiger partial charge in [-0.3, -0.25) is 4.79 Å². The maximum absolute atomic E-state index is 11.4. The zero-order chi connectivity index (χ0) is 12.2. The Morgan fingerprint density at radius 1 is 1.53 bits per heavy atom. The third kappa shape index (κ3) is 5.89. The van der Waals surface area contributed by atoms with Gasteiger partial charge in [-0.15, -0.1) is 0 Å². The quantitative estimate of drug-likeness (QED) is 0.513. The molecule has 0 saturated heterocycles. The van der Waals surface area contributed by atoms with Gasteiger partial charge in [-0.1, -0.05) is 13.8 Å². The van der Waals surface area contributed by atoms with Crippen LogP contribution in [-0.4, -0.2) is 22.6 Å². The van der Waals surface area contributed by atoms with E-state index in [1.54, 1.807) is 0 Å². The van der Waals surface area contributed by atoms with Crippen LogP contribution in [0.15, 0.2) is 0 Å². The number of carbonyl (C=O) groups is 1. The molecular formula is C8H19N2O4P. The highest BCUT2D eigenvalue weighted by Gasteiger charge is 2.23. The summed E-state index contributed by atoms with van der Waals surface area (Å²) >= 11 is 0. The molecule has 0 heterocycles. The molecule has 0 aromatic heterocycles. The Kier molecular flexibility index (Phi) is 5.45. The molecule has 3 atom stereocenters. The van der Waals surface area contributed by atoms with Gasteiger partial charge in [0.25, 0.3) is 5.91 Å². The molecule has 0 radical (unpaired) electrons. The van der Waals surface area contributed by atoms with Gasteiger partial charge in [0.1, 0.15) is 0 Å². The molecule has 7 heteroatoms. The lowest BCUT2D eigenvalue weighted by atomic mass is 10.0. The Labute approximate surface area is 89.4 Å². The highest BCUT2D eigenvalue weighted by atomic mass is 31.2. The van der Waals surface area contributed by atoms with Crippen LogP contribution in [0.5, 0.6) is 0 Å². The molecule has 0 aliphatic carbocycles. The summed E-state index contributed by atoms with van der Waals surface area (Å²) in [5, 5.41) is 2.20. The van der Waals surface area contributed by atoms with Gasteiger partial charge in [-0.2, -0.15) is 0 Å². The molecule has 0 spiro atoms. The first-order valence-corrected chi connectivity index (χ1v) is 6.46. The number of carbonyl (C=O) groups excluding carboxylic acids is 1. The zero-order valence-electron chi connectivity index (χ0n) is 9.27. The highest BCUT2D eigenvalue weighted by molar-refractivity contribution is 7.51. The van der Waals surface area contributed by atoms with E-state index in [0.717, 1.165) is 0 Å². The Hall–Kier alpha value is -0.420. The van der Waals surface area contributed by atoms with E-state index in [9.17, 15) is 14.3 Å². The molecule has 0 fully saturated rings. The van der Waals surface area contributed by atoms with Crippen LogP contribution < -0.4 is 15.9 Å². The molecule has 1 unspecified atom stereocenters. The minimum absolute atomic E-state index is 0.307. The van der Waals surface area contributed by atoms with Crippen molar-refractivity contribution in [2.24, 2.45) is 5.92 Å². The van der Waals surface area contributed by atoms with E-state index in [-0.39, 0.29) is 0 Å². The molecule has 0 aromatic carbocycles. The first-order chi connectivity index (χ1) is 6.64. The Morgan fingerprint density at radius 3 is 2.33 bits per heavy atom. The van der Waals surface area contributed by atoms with E-state index in [1.807, 2.05) is 13.8 Å². The van der Waals surface area contributed by atoms with Crippen LogP contribution in [0.2, 0.25) is 0 Å². The standard InChI is InChI=1S/C8H19N2O4P/c1-5(2)4-7(9)8(11)10-6(3)15(12,13)14/h5-7H,4,9H2,1-3H3,(H,10,11)(H2,12,13,14)/t6-,7-/m0/s1. The van der Waals surface area contributed by atoms with Crippen LogP contribution in [0.1, 0.15) is 27.2 Å². The summed E-state index contributed by atoms with van der Waals surface area (Å²) in [6, 6.07) is -0.501. The van der Waals surface area contributed by atoms with Crippen LogP contribution in [0.25, 0.3) is 0 Å². The molecule has 0 saturated carbocycles. The number of rotatable bonds is 5. The maximum atomic E-state index is 11.4. The van der Waals surface area contributed by atoms with Crippen molar-refractivity contribution in [1.29, 1.82) is 0 Å². The molecule has 90 valence electrons. The molecule has 0 bridgehead atoms. The first kappa shape index (κ1) is 14.6. The largest absolute Gasteiger partial charge is 0.777 e. The van der Waals surface area contributed by atoms with Gasteiger partial charge in [0.05, 0.1) is 5.78 Å². The summed E-state index contributed by atoms with van der Waals surface area (Å²) in [5.41, 5.74) is 3.63. The van der Waals surface area contributed by atoms with Gasteiger partial charge in [0, 0.05) is 6.42 Å². The van der Waals surface area contributed by atoms with Gasteiger partial charge < -0.3 is 25.4 Å². The Morgan fingerprint density at radius 2 is 2.00 bits per heavy atom. The molecular weight excluding hydrogens is 219 g/mol. The lowest BCUT2D eigenvalue weighted by molar-refractivity contribution is -0.406. The maximum Gasteiger partial charge on any atom is 0.278 e. The summed E-state index contributed by atoms with van der Waals surface area (Å²) in [5.74, 6) is -1.41. The van der Waals surface area contributed by atoms with Crippen LogP contribution in [0, 0.1) is 5.92 Å².